The standard InChI is InChI=1S/C19H22F3N5O3/c1-11(16(28)27-7-5-18(3-4-18)6-8-27)24-17-26-25-15(30-17)13-9-12(19(20,21)22)10-23-14(13)29-2/h9-11H,3-8H2,1-2H3,(H,24,26)/t11-/m1/s1. The number of piperidine rings is 1. The van der Waals surface area contributed by atoms with E-state index in [1.165, 1.54) is 20.0 Å². The van der Waals surface area contributed by atoms with Crippen LogP contribution in [-0.4, -0.2) is 52.2 Å². The summed E-state index contributed by atoms with van der Waals surface area (Å²) in [6, 6.07) is 0.146. The molecule has 1 spiro atoms. The number of carbonyl (C=O) groups excluding carboxylic acids is 1. The summed E-state index contributed by atoms with van der Waals surface area (Å²) in [6.07, 6.45) is 0.645. The number of halogens is 3. The van der Waals surface area contributed by atoms with Gasteiger partial charge in [0.05, 0.1) is 12.7 Å². The van der Waals surface area contributed by atoms with E-state index < -0.39 is 17.8 Å². The van der Waals surface area contributed by atoms with Gasteiger partial charge < -0.3 is 19.4 Å². The van der Waals surface area contributed by atoms with Crippen LogP contribution in [0.15, 0.2) is 16.7 Å². The van der Waals surface area contributed by atoms with Gasteiger partial charge in [0.25, 0.3) is 5.89 Å². The molecule has 3 heterocycles. The van der Waals surface area contributed by atoms with Gasteiger partial charge in [-0.05, 0) is 44.1 Å². The lowest BCUT2D eigenvalue weighted by molar-refractivity contribution is -0.138. The number of hydrogen-bond acceptors (Lipinski definition) is 7. The van der Waals surface area contributed by atoms with Crippen molar-refractivity contribution in [3.63, 3.8) is 0 Å². The van der Waals surface area contributed by atoms with Gasteiger partial charge in [-0.2, -0.15) is 13.2 Å². The summed E-state index contributed by atoms with van der Waals surface area (Å²) in [5, 5.41) is 10.4. The fourth-order valence-corrected chi connectivity index (χ4v) is 3.71. The lowest BCUT2D eigenvalue weighted by Gasteiger charge is -2.33. The van der Waals surface area contributed by atoms with E-state index in [2.05, 4.69) is 20.5 Å². The van der Waals surface area contributed by atoms with E-state index >= 15 is 0 Å². The van der Waals surface area contributed by atoms with E-state index in [-0.39, 0.29) is 29.3 Å². The zero-order valence-electron chi connectivity index (χ0n) is 16.6. The van der Waals surface area contributed by atoms with Crippen LogP contribution >= 0.6 is 0 Å². The van der Waals surface area contributed by atoms with Crippen molar-refractivity contribution in [1.29, 1.82) is 0 Å². The number of anilines is 1. The Morgan fingerprint density at radius 3 is 2.57 bits per heavy atom. The lowest BCUT2D eigenvalue weighted by atomic mass is 9.93. The van der Waals surface area contributed by atoms with Gasteiger partial charge in [0.2, 0.25) is 11.8 Å². The topological polar surface area (TPSA) is 93.4 Å². The predicted octanol–water partition coefficient (Wildman–Crippen LogP) is 3.36. The molecule has 4 rings (SSSR count). The van der Waals surface area contributed by atoms with Crippen LogP contribution in [-0.2, 0) is 11.0 Å². The average molecular weight is 425 g/mol. The number of rotatable bonds is 5. The van der Waals surface area contributed by atoms with Gasteiger partial charge in [0, 0.05) is 19.3 Å². The molecule has 0 aromatic carbocycles. The molecular formula is C19H22F3N5O3. The second-order valence-electron chi connectivity index (χ2n) is 7.88. The number of aromatic nitrogens is 3. The van der Waals surface area contributed by atoms with Crippen molar-refractivity contribution in [3.05, 3.63) is 17.8 Å². The molecule has 1 saturated heterocycles. The van der Waals surface area contributed by atoms with Gasteiger partial charge >= 0.3 is 12.2 Å². The van der Waals surface area contributed by atoms with E-state index in [1.54, 1.807) is 6.92 Å². The van der Waals surface area contributed by atoms with Crippen molar-refractivity contribution in [1.82, 2.24) is 20.1 Å². The number of hydrogen-bond donors (Lipinski definition) is 1. The highest BCUT2D eigenvalue weighted by Gasteiger charge is 2.45. The molecule has 30 heavy (non-hydrogen) atoms. The van der Waals surface area contributed by atoms with Crippen molar-refractivity contribution < 1.29 is 27.1 Å². The second kappa shape index (κ2) is 7.44. The van der Waals surface area contributed by atoms with Gasteiger partial charge in [0.15, 0.2) is 0 Å². The Morgan fingerprint density at radius 2 is 1.97 bits per heavy atom. The van der Waals surface area contributed by atoms with Gasteiger partial charge in [-0.1, -0.05) is 5.10 Å². The number of nitrogens with one attached hydrogen (secondary N) is 1. The maximum absolute atomic E-state index is 13.0. The molecule has 1 amide bonds. The largest absolute Gasteiger partial charge is 0.480 e. The molecule has 0 unspecified atom stereocenters. The molecule has 2 fully saturated rings. The molecule has 1 aliphatic carbocycles. The zero-order chi connectivity index (χ0) is 21.5. The SMILES string of the molecule is COc1ncc(C(F)(F)F)cc1-c1nnc(N[C@H](C)C(=O)N2CCC3(CC2)CC3)o1. The average Bonchev–Trinajstić information content (AvgIpc) is 3.31. The summed E-state index contributed by atoms with van der Waals surface area (Å²) < 4.78 is 49.5. The first-order chi connectivity index (χ1) is 14.2. The molecule has 11 heteroatoms. The molecule has 162 valence electrons. The molecular weight excluding hydrogens is 403 g/mol. The zero-order valence-corrected chi connectivity index (χ0v) is 16.6. The highest BCUT2D eigenvalue weighted by Crippen LogP contribution is 2.53. The Morgan fingerprint density at radius 1 is 1.27 bits per heavy atom. The number of methoxy groups -OCH3 is 1. The fraction of sp³-hybridized carbons (Fsp3) is 0.579. The third-order valence-electron chi connectivity index (χ3n) is 5.83. The smallest absolute Gasteiger partial charge is 0.417 e. The van der Waals surface area contributed by atoms with Crippen molar-refractivity contribution in [2.45, 2.75) is 44.8 Å². The number of nitrogens with zero attached hydrogens (tertiary/aromatic N) is 4. The van der Waals surface area contributed by atoms with Crippen molar-refractivity contribution >= 4 is 11.9 Å². The maximum atomic E-state index is 13.0. The fourth-order valence-electron chi connectivity index (χ4n) is 3.71. The normalized spacial score (nSPS) is 18.9. The van der Waals surface area contributed by atoms with Crippen molar-refractivity contribution in [2.75, 3.05) is 25.5 Å². The van der Waals surface area contributed by atoms with Crippen LogP contribution in [0.25, 0.3) is 11.5 Å². The van der Waals surface area contributed by atoms with Gasteiger partial charge in [-0.15, -0.1) is 5.10 Å². The third-order valence-corrected chi connectivity index (χ3v) is 5.83. The molecule has 2 aliphatic rings. The van der Waals surface area contributed by atoms with Gasteiger partial charge in [-0.25, -0.2) is 4.98 Å². The van der Waals surface area contributed by atoms with Crippen LogP contribution in [0.5, 0.6) is 5.88 Å². The van der Waals surface area contributed by atoms with Crippen LogP contribution in [0.3, 0.4) is 0 Å². The molecule has 0 radical (unpaired) electrons. The summed E-state index contributed by atoms with van der Waals surface area (Å²) in [6.45, 7) is 3.14. The Balaban J connectivity index is 1.45. The van der Waals surface area contributed by atoms with Gasteiger partial charge in [0.1, 0.15) is 11.6 Å². The predicted molar refractivity (Wildman–Crippen MR) is 99.6 cm³/mol. The van der Waals surface area contributed by atoms with Crippen LogP contribution in [0, 0.1) is 5.41 Å². The van der Waals surface area contributed by atoms with E-state index in [1.807, 2.05) is 4.90 Å². The minimum Gasteiger partial charge on any atom is -0.480 e. The minimum atomic E-state index is -4.58. The first-order valence-corrected chi connectivity index (χ1v) is 9.71. The molecule has 1 saturated carbocycles. The first kappa shape index (κ1) is 20.4. The highest BCUT2D eigenvalue weighted by atomic mass is 19.4. The van der Waals surface area contributed by atoms with E-state index in [0.29, 0.717) is 11.6 Å². The summed E-state index contributed by atoms with van der Waals surface area (Å²) >= 11 is 0. The number of likely N-dealkylation sites (tertiary alicyclic amines) is 1. The monoisotopic (exact) mass is 425 g/mol. The van der Waals surface area contributed by atoms with Crippen LogP contribution < -0.4 is 10.1 Å². The van der Waals surface area contributed by atoms with Crippen LogP contribution in [0.1, 0.15) is 38.2 Å². The number of carbonyl (C=O) groups is 1. The Kier molecular flexibility index (Phi) is 5.07. The Labute approximate surface area is 170 Å². The summed E-state index contributed by atoms with van der Waals surface area (Å²) in [5.74, 6) is -0.352. The molecule has 0 bridgehead atoms. The molecule has 8 nitrogen and oxygen atoms in total. The molecule has 2 aromatic rings. The lowest BCUT2D eigenvalue weighted by Crippen LogP contribution is -2.45. The molecule has 1 aliphatic heterocycles. The Bertz CT molecular complexity index is 932. The van der Waals surface area contributed by atoms with E-state index in [9.17, 15) is 18.0 Å². The van der Waals surface area contributed by atoms with Gasteiger partial charge in [-0.3, -0.25) is 4.79 Å². The quantitative estimate of drug-likeness (QED) is 0.785. The summed E-state index contributed by atoms with van der Waals surface area (Å²) in [7, 11) is 1.28. The number of alkyl halides is 3. The van der Waals surface area contributed by atoms with E-state index in [4.69, 9.17) is 9.15 Å². The molecule has 1 N–H and O–H groups in total. The van der Waals surface area contributed by atoms with Crippen LogP contribution in [0.4, 0.5) is 19.2 Å². The number of ether oxygens (including phenoxy) is 1. The highest BCUT2D eigenvalue weighted by molar-refractivity contribution is 5.83. The molecule has 1 atom stereocenters. The first-order valence-electron chi connectivity index (χ1n) is 9.71. The number of pyridine rings is 1. The van der Waals surface area contributed by atoms with Crippen molar-refractivity contribution in [3.8, 4) is 17.3 Å². The Hall–Kier alpha value is -2.85. The second-order valence-corrected chi connectivity index (χ2v) is 7.88. The minimum absolute atomic E-state index is 0.0685. The summed E-state index contributed by atoms with van der Waals surface area (Å²) in [5.41, 5.74) is -0.585. The third kappa shape index (κ3) is 4.05. The van der Waals surface area contributed by atoms with E-state index in [0.717, 1.165) is 32.0 Å². The maximum Gasteiger partial charge on any atom is 0.417 e. The van der Waals surface area contributed by atoms with Crippen LogP contribution in [0.2, 0.25) is 0 Å². The number of amides is 1. The summed E-state index contributed by atoms with van der Waals surface area (Å²) in [4.78, 5) is 18.2. The molecule has 2 aromatic heterocycles. The van der Waals surface area contributed by atoms with Crippen molar-refractivity contribution in [2.24, 2.45) is 5.41 Å².